The second kappa shape index (κ2) is 4.52. The number of rotatable bonds is 5. The molecule has 86 valence electrons. The molecule has 2 fully saturated rings. The van der Waals surface area contributed by atoms with E-state index in [4.69, 9.17) is 5.11 Å². The summed E-state index contributed by atoms with van der Waals surface area (Å²) in [6.45, 7) is 2.98. The quantitative estimate of drug-likeness (QED) is 0.730. The molecule has 4 unspecified atom stereocenters. The number of fused-ring (bicyclic) bond motifs is 2. The van der Waals surface area contributed by atoms with Gasteiger partial charge < -0.3 is 10.4 Å². The summed E-state index contributed by atoms with van der Waals surface area (Å²) in [5, 5.41) is 12.0. The van der Waals surface area contributed by atoms with Gasteiger partial charge in [0.25, 0.3) is 0 Å². The summed E-state index contributed by atoms with van der Waals surface area (Å²) in [5.74, 6) is 2.03. The molecule has 0 aliphatic heterocycles. The van der Waals surface area contributed by atoms with Crippen LogP contribution in [0.1, 0.15) is 39.0 Å². The van der Waals surface area contributed by atoms with E-state index in [-0.39, 0.29) is 12.5 Å². The Morgan fingerprint density at radius 1 is 1.47 bits per heavy atom. The first-order valence-electron chi connectivity index (χ1n) is 6.10. The van der Waals surface area contributed by atoms with Crippen LogP contribution in [0.4, 0.5) is 0 Å². The summed E-state index contributed by atoms with van der Waals surface area (Å²) in [7, 11) is 0. The standard InChI is InChI=1S/C12H21NO2/c1-8(4-12(14)15)13-7-11-6-9-2-3-10(11)5-9/h8-11,13H,2-7H2,1H3,(H,14,15). The topological polar surface area (TPSA) is 49.3 Å². The maximum absolute atomic E-state index is 10.5. The maximum Gasteiger partial charge on any atom is 0.304 e. The second-order valence-electron chi connectivity index (χ2n) is 5.34. The molecule has 0 saturated heterocycles. The van der Waals surface area contributed by atoms with E-state index in [0.29, 0.717) is 0 Å². The molecule has 3 nitrogen and oxygen atoms in total. The predicted octanol–water partition coefficient (Wildman–Crippen LogP) is 1.88. The van der Waals surface area contributed by atoms with Crippen LogP contribution < -0.4 is 5.32 Å². The molecule has 2 saturated carbocycles. The van der Waals surface area contributed by atoms with E-state index in [1.807, 2.05) is 6.92 Å². The number of carboxylic acid groups (broad SMARTS) is 1. The second-order valence-corrected chi connectivity index (χ2v) is 5.34. The summed E-state index contributed by atoms with van der Waals surface area (Å²) in [6, 6.07) is 0.113. The summed E-state index contributed by atoms with van der Waals surface area (Å²) in [4.78, 5) is 10.5. The van der Waals surface area contributed by atoms with Crippen LogP contribution in [0.3, 0.4) is 0 Å². The fraction of sp³-hybridized carbons (Fsp3) is 0.917. The highest BCUT2D eigenvalue weighted by atomic mass is 16.4. The normalized spacial score (nSPS) is 35.7. The van der Waals surface area contributed by atoms with E-state index in [1.165, 1.54) is 25.7 Å². The molecule has 2 rings (SSSR count). The van der Waals surface area contributed by atoms with Crippen molar-refractivity contribution >= 4 is 5.97 Å². The van der Waals surface area contributed by atoms with Gasteiger partial charge in [-0.3, -0.25) is 4.79 Å². The zero-order chi connectivity index (χ0) is 10.8. The molecule has 15 heavy (non-hydrogen) atoms. The molecule has 4 atom stereocenters. The monoisotopic (exact) mass is 211 g/mol. The number of hydrogen-bond donors (Lipinski definition) is 2. The Balaban J connectivity index is 1.68. The third-order valence-electron chi connectivity index (χ3n) is 4.09. The van der Waals surface area contributed by atoms with Gasteiger partial charge in [0.1, 0.15) is 0 Å². The highest BCUT2D eigenvalue weighted by Gasteiger charge is 2.39. The average Bonchev–Trinajstić information content (AvgIpc) is 2.74. The molecule has 0 heterocycles. The van der Waals surface area contributed by atoms with Crippen molar-refractivity contribution in [3.8, 4) is 0 Å². The minimum absolute atomic E-state index is 0.113. The molecule has 0 radical (unpaired) electrons. The molecular formula is C12H21NO2. The van der Waals surface area contributed by atoms with E-state index in [2.05, 4.69) is 5.32 Å². The first kappa shape index (κ1) is 10.9. The van der Waals surface area contributed by atoms with Crippen molar-refractivity contribution < 1.29 is 9.90 Å². The van der Waals surface area contributed by atoms with Crippen LogP contribution in [0.25, 0.3) is 0 Å². The lowest BCUT2D eigenvalue weighted by atomic mass is 9.88. The summed E-state index contributed by atoms with van der Waals surface area (Å²) in [6.07, 6.45) is 5.88. The van der Waals surface area contributed by atoms with Gasteiger partial charge in [0.15, 0.2) is 0 Å². The fourth-order valence-electron chi connectivity index (χ4n) is 3.31. The van der Waals surface area contributed by atoms with Gasteiger partial charge in [-0.25, -0.2) is 0 Å². The van der Waals surface area contributed by atoms with E-state index in [9.17, 15) is 4.79 Å². The van der Waals surface area contributed by atoms with Crippen LogP contribution in [0.2, 0.25) is 0 Å². The Morgan fingerprint density at radius 2 is 2.27 bits per heavy atom. The fourth-order valence-corrected chi connectivity index (χ4v) is 3.31. The number of carbonyl (C=O) groups is 1. The number of aliphatic carboxylic acids is 1. The third-order valence-corrected chi connectivity index (χ3v) is 4.09. The molecule has 3 heteroatoms. The Kier molecular flexibility index (Phi) is 3.29. The Labute approximate surface area is 91.2 Å². The van der Waals surface area contributed by atoms with Crippen molar-refractivity contribution in [1.82, 2.24) is 5.32 Å². The van der Waals surface area contributed by atoms with Crippen LogP contribution in [-0.4, -0.2) is 23.7 Å². The van der Waals surface area contributed by atoms with Gasteiger partial charge in [0.2, 0.25) is 0 Å². The third kappa shape index (κ3) is 2.71. The van der Waals surface area contributed by atoms with Gasteiger partial charge in [-0.05, 0) is 50.5 Å². The van der Waals surface area contributed by atoms with Crippen molar-refractivity contribution in [2.75, 3.05) is 6.54 Å². The highest BCUT2D eigenvalue weighted by molar-refractivity contribution is 5.67. The van der Waals surface area contributed by atoms with Crippen LogP contribution in [-0.2, 0) is 4.79 Å². The Morgan fingerprint density at radius 3 is 2.80 bits per heavy atom. The first-order valence-corrected chi connectivity index (χ1v) is 6.10. The molecule has 0 aromatic heterocycles. The summed E-state index contributed by atoms with van der Waals surface area (Å²) < 4.78 is 0. The van der Waals surface area contributed by atoms with Gasteiger partial charge in [-0.1, -0.05) is 6.42 Å². The zero-order valence-electron chi connectivity index (χ0n) is 9.41. The molecule has 0 aromatic carbocycles. The lowest BCUT2D eigenvalue weighted by molar-refractivity contribution is -0.137. The Hall–Kier alpha value is -0.570. The smallest absolute Gasteiger partial charge is 0.304 e. The molecule has 2 N–H and O–H groups in total. The number of hydrogen-bond acceptors (Lipinski definition) is 2. The molecule has 2 aliphatic rings. The zero-order valence-corrected chi connectivity index (χ0v) is 9.41. The molecule has 2 bridgehead atoms. The largest absolute Gasteiger partial charge is 0.481 e. The predicted molar refractivity (Wildman–Crippen MR) is 58.7 cm³/mol. The first-order chi connectivity index (χ1) is 7.15. The van der Waals surface area contributed by atoms with Crippen LogP contribution >= 0.6 is 0 Å². The average molecular weight is 211 g/mol. The van der Waals surface area contributed by atoms with Crippen LogP contribution in [0.15, 0.2) is 0 Å². The summed E-state index contributed by atoms with van der Waals surface area (Å²) >= 11 is 0. The van der Waals surface area contributed by atoms with E-state index in [0.717, 1.165) is 24.3 Å². The lowest BCUT2D eigenvalue weighted by Gasteiger charge is -2.23. The van der Waals surface area contributed by atoms with E-state index >= 15 is 0 Å². The Bertz CT molecular complexity index is 242. The van der Waals surface area contributed by atoms with Gasteiger partial charge in [0.05, 0.1) is 6.42 Å². The SMILES string of the molecule is CC(CC(=O)O)NCC1CC2CCC1C2. The molecular weight excluding hydrogens is 190 g/mol. The van der Waals surface area contributed by atoms with Crippen molar-refractivity contribution in [3.63, 3.8) is 0 Å². The van der Waals surface area contributed by atoms with Gasteiger partial charge in [-0.2, -0.15) is 0 Å². The van der Waals surface area contributed by atoms with Gasteiger partial charge in [0, 0.05) is 6.04 Å². The number of nitrogens with one attached hydrogen (secondary N) is 1. The lowest BCUT2D eigenvalue weighted by Crippen LogP contribution is -2.34. The molecule has 0 amide bonds. The summed E-state index contributed by atoms with van der Waals surface area (Å²) in [5.41, 5.74) is 0. The molecule has 2 aliphatic carbocycles. The number of carboxylic acids is 1. The van der Waals surface area contributed by atoms with E-state index in [1.54, 1.807) is 0 Å². The minimum atomic E-state index is -0.706. The van der Waals surface area contributed by atoms with Gasteiger partial charge >= 0.3 is 5.97 Å². The van der Waals surface area contributed by atoms with Crippen LogP contribution in [0.5, 0.6) is 0 Å². The molecule has 0 spiro atoms. The van der Waals surface area contributed by atoms with Crippen molar-refractivity contribution in [1.29, 1.82) is 0 Å². The minimum Gasteiger partial charge on any atom is -0.481 e. The van der Waals surface area contributed by atoms with Crippen molar-refractivity contribution in [3.05, 3.63) is 0 Å². The molecule has 0 aromatic rings. The maximum atomic E-state index is 10.5. The van der Waals surface area contributed by atoms with Crippen molar-refractivity contribution in [2.45, 2.75) is 45.1 Å². The van der Waals surface area contributed by atoms with E-state index < -0.39 is 5.97 Å². The van der Waals surface area contributed by atoms with Gasteiger partial charge in [-0.15, -0.1) is 0 Å². The van der Waals surface area contributed by atoms with Crippen molar-refractivity contribution in [2.24, 2.45) is 17.8 Å². The van der Waals surface area contributed by atoms with Crippen LogP contribution in [0, 0.1) is 17.8 Å². The highest BCUT2D eigenvalue weighted by Crippen LogP contribution is 2.47.